The first-order valence-corrected chi connectivity index (χ1v) is 4.62. The molecule has 0 nitrogen and oxygen atoms in total. The van der Waals surface area contributed by atoms with E-state index in [1.807, 2.05) is 0 Å². The molecule has 0 radical (unpaired) electrons. The summed E-state index contributed by atoms with van der Waals surface area (Å²) in [7, 11) is 0. The van der Waals surface area contributed by atoms with Gasteiger partial charge in [0.2, 0.25) is 5.67 Å². The second-order valence-electron chi connectivity index (χ2n) is 4.44. The van der Waals surface area contributed by atoms with E-state index < -0.39 is 47.6 Å². The molecule has 0 aromatic carbocycles. The Balaban J connectivity index is 2.89. The molecule has 2 bridgehead atoms. The van der Waals surface area contributed by atoms with E-state index >= 15 is 0 Å². The van der Waals surface area contributed by atoms with E-state index in [0.29, 0.717) is 0 Å². The Bertz CT molecular complexity index is 432. The van der Waals surface area contributed by atoms with Crippen LogP contribution in [0.4, 0.5) is 48.3 Å². The lowest BCUT2D eigenvalue weighted by atomic mass is 9.76. The lowest BCUT2D eigenvalue weighted by Crippen LogP contribution is -2.76. The van der Waals surface area contributed by atoms with Crippen LogP contribution in [-0.2, 0) is 0 Å². The summed E-state index contributed by atoms with van der Waals surface area (Å²) >= 11 is 0. The van der Waals surface area contributed by atoms with Crippen molar-refractivity contribution in [2.75, 3.05) is 6.67 Å². The fourth-order valence-electron chi connectivity index (χ4n) is 2.55. The zero-order valence-corrected chi connectivity index (χ0v) is 8.44. The standard InChI is InChI=1S/C8H3F11/c9-1-3(11)4(12)2(10)5(13,6(3,14)15)8(18,19)7(4,16)17/h2H,1H2. The van der Waals surface area contributed by atoms with Crippen LogP contribution in [0.3, 0.4) is 0 Å². The molecule has 0 spiro atoms. The van der Waals surface area contributed by atoms with Crippen LogP contribution in [-0.4, -0.2) is 47.6 Å². The molecular formula is C8H3F11. The molecule has 2 aliphatic rings. The maximum atomic E-state index is 13.6. The van der Waals surface area contributed by atoms with Crippen molar-refractivity contribution in [2.24, 2.45) is 0 Å². The first kappa shape index (κ1) is 14.6. The smallest absolute Gasteiger partial charge is 0.247 e. The van der Waals surface area contributed by atoms with Gasteiger partial charge in [-0.25, -0.2) is 22.0 Å². The molecule has 2 fully saturated rings. The number of fused-ring (bicyclic) bond motifs is 2. The molecule has 4 atom stereocenters. The van der Waals surface area contributed by atoms with Crippen molar-refractivity contribution >= 4 is 0 Å². The van der Waals surface area contributed by atoms with Crippen LogP contribution in [0.5, 0.6) is 0 Å². The molecule has 0 aliphatic heterocycles. The quantitative estimate of drug-likeness (QED) is 0.652. The van der Waals surface area contributed by atoms with Crippen molar-refractivity contribution in [1.82, 2.24) is 0 Å². The Morgan fingerprint density at radius 3 is 1.32 bits per heavy atom. The summed E-state index contributed by atoms with van der Waals surface area (Å²) < 4.78 is 144. The fraction of sp³-hybridized carbons (Fsp3) is 1.00. The normalized spacial score (nSPS) is 53.5. The van der Waals surface area contributed by atoms with Gasteiger partial charge in [0.15, 0.2) is 6.17 Å². The third-order valence-electron chi connectivity index (χ3n) is 3.72. The molecule has 4 unspecified atom stereocenters. The minimum Gasteiger partial charge on any atom is -0.247 e. The molecule has 0 aromatic rings. The van der Waals surface area contributed by atoms with Crippen molar-refractivity contribution in [1.29, 1.82) is 0 Å². The SMILES string of the molecule is FCC1(F)C(F)(F)C2(F)C(F)C1(F)C(F)(F)C2(F)F. The zero-order chi connectivity index (χ0) is 15.3. The summed E-state index contributed by atoms with van der Waals surface area (Å²) in [5, 5.41) is 0. The minimum absolute atomic E-state index is 3.30. The van der Waals surface area contributed by atoms with Crippen LogP contribution in [0, 0.1) is 0 Å². The van der Waals surface area contributed by atoms with E-state index in [1.54, 1.807) is 0 Å². The van der Waals surface area contributed by atoms with E-state index in [-0.39, 0.29) is 0 Å². The Morgan fingerprint density at radius 2 is 1.00 bits per heavy atom. The van der Waals surface area contributed by atoms with Crippen molar-refractivity contribution in [2.45, 2.75) is 40.9 Å². The highest BCUT2D eigenvalue weighted by molar-refractivity contribution is 5.45. The monoisotopic (exact) mass is 308 g/mol. The molecular weight excluding hydrogens is 305 g/mol. The van der Waals surface area contributed by atoms with Gasteiger partial charge >= 0.3 is 17.8 Å². The first-order chi connectivity index (χ1) is 8.22. The molecule has 19 heavy (non-hydrogen) atoms. The number of hydrogen-bond acceptors (Lipinski definition) is 0. The third kappa shape index (κ3) is 0.858. The maximum absolute atomic E-state index is 13.6. The van der Waals surface area contributed by atoms with Crippen LogP contribution < -0.4 is 0 Å². The maximum Gasteiger partial charge on any atom is 0.356 e. The Hall–Kier alpha value is -0.770. The van der Waals surface area contributed by atoms with Gasteiger partial charge in [-0.1, -0.05) is 0 Å². The Kier molecular flexibility index (Phi) is 2.27. The number of halogens is 11. The molecule has 112 valence electrons. The average Bonchev–Trinajstić information content (AvgIpc) is 2.45. The van der Waals surface area contributed by atoms with Gasteiger partial charge in [-0.05, 0) is 0 Å². The topological polar surface area (TPSA) is 0 Å². The molecule has 0 saturated heterocycles. The number of hydrogen-bond donors (Lipinski definition) is 0. The lowest BCUT2D eigenvalue weighted by molar-refractivity contribution is -0.377. The average molecular weight is 308 g/mol. The third-order valence-corrected chi connectivity index (χ3v) is 3.72. The predicted octanol–water partition coefficient (Wildman–Crippen LogP) is 3.35. The zero-order valence-electron chi connectivity index (χ0n) is 8.44. The van der Waals surface area contributed by atoms with Gasteiger partial charge in [-0.3, -0.25) is 0 Å². The summed E-state index contributed by atoms with van der Waals surface area (Å²) in [6.45, 7) is -3.30. The van der Waals surface area contributed by atoms with Gasteiger partial charge in [-0.15, -0.1) is 0 Å². The molecule has 0 amide bonds. The van der Waals surface area contributed by atoms with E-state index in [4.69, 9.17) is 0 Å². The van der Waals surface area contributed by atoms with Gasteiger partial charge in [0.25, 0.3) is 11.3 Å². The van der Waals surface area contributed by atoms with Gasteiger partial charge in [-0.2, -0.15) is 26.3 Å². The van der Waals surface area contributed by atoms with Crippen LogP contribution in [0.1, 0.15) is 0 Å². The van der Waals surface area contributed by atoms with Crippen molar-refractivity contribution in [3.63, 3.8) is 0 Å². The van der Waals surface area contributed by atoms with Gasteiger partial charge in [0, 0.05) is 0 Å². The van der Waals surface area contributed by atoms with E-state index in [0.717, 1.165) is 0 Å². The second kappa shape index (κ2) is 2.95. The highest BCUT2D eigenvalue weighted by Gasteiger charge is 3.10. The van der Waals surface area contributed by atoms with Crippen molar-refractivity contribution in [3.05, 3.63) is 0 Å². The molecule has 11 heteroatoms. The summed E-state index contributed by atoms with van der Waals surface area (Å²) in [6.07, 6.45) is -4.93. The molecule has 0 heterocycles. The summed E-state index contributed by atoms with van der Waals surface area (Å²) in [4.78, 5) is 0. The Morgan fingerprint density at radius 1 is 0.632 bits per heavy atom. The number of alkyl halides is 11. The second-order valence-corrected chi connectivity index (χ2v) is 4.44. The summed E-state index contributed by atoms with van der Waals surface area (Å²) in [5.41, 5.74) is -17.9. The van der Waals surface area contributed by atoms with Gasteiger partial charge in [0.05, 0.1) is 0 Å². The largest absolute Gasteiger partial charge is 0.356 e. The molecule has 0 aromatic heterocycles. The highest BCUT2D eigenvalue weighted by Crippen LogP contribution is 2.78. The Labute approximate surface area is 97.1 Å². The fourth-order valence-corrected chi connectivity index (χ4v) is 2.55. The minimum atomic E-state index is -6.54. The van der Waals surface area contributed by atoms with E-state index in [2.05, 4.69) is 0 Å². The highest BCUT2D eigenvalue weighted by atomic mass is 19.3. The van der Waals surface area contributed by atoms with Crippen LogP contribution >= 0.6 is 0 Å². The first-order valence-electron chi connectivity index (χ1n) is 4.62. The van der Waals surface area contributed by atoms with Crippen LogP contribution in [0.25, 0.3) is 0 Å². The summed E-state index contributed by atoms with van der Waals surface area (Å²) in [6, 6.07) is 0. The van der Waals surface area contributed by atoms with Crippen LogP contribution in [0.2, 0.25) is 0 Å². The lowest BCUT2D eigenvalue weighted by Gasteiger charge is -2.45. The summed E-state index contributed by atoms with van der Waals surface area (Å²) in [5.74, 6) is -19.3. The molecule has 2 rings (SSSR count). The van der Waals surface area contributed by atoms with Crippen LogP contribution in [0.15, 0.2) is 0 Å². The number of rotatable bonds is 1. The molecule has 2 saturated carbocycles. The van der Waals surface area contributed by atoms with Crippen molar-refractivity contribution < 1.29 is 48.3 Å². The van der Waals surface area contributed by atoms with E-state index in [1.165, 1.54) is 0 Å². The predicted molar refractivity (Wildman–Crippen MR) is 37.2 cm³/mol. The van der Waals surface area contributed by atoms with E-state index in [9.17, 15) is 48.3 Å². The van der Waals surface area contributed by atoms with Crippen molar-refractivity contribution in [3.8, 4) is 0 Å². The molecule has 0 N–H and O–H groups in total. The molecule has 2 aliphatic carbocycles. The van der Waals surface area contributed by atoms with Gasteiger partial charge < -0.3 is 0 Å². The van der Waals surface area contributed by atoms with Gasteiger partial charge in [0.1, 0.15) is 6.67 Å².